The van der Waals surface area contributed by atoms with E-state index in [1.54, 1.807) is 48.5 Å². The van der Waals surface area contributed by atoms with Crippen molar-refractivity contribution in [3.63, 3.8) is 0 Å². The Morgan fingerprint density at radius 3 is 1.53 bits per heavy atom. The number of halogens is 2. The zero-order valence-electron chi connectivity index (χ0n) is 9.50. The molecule has 0 heterocycles. The van der Waals surface area contributed by atoms with Crippen LogP contribution in [0.5, 0.6) is 0 Å². The summed E-state index contributed by atoms with van der Waals surface area (Å²) in [6, 6.07) is 13.0. The fraction of sp³-hybridized carbons (Fsp3) is 0. The van der Waals surface area contributed by atoms with Gasteiger partial charge in [0.05, 0.1) is 0 Å². The van der Waals surface area contributed by atoms with E-state index in [-0.39, 0.29) is 41.9 Å². The second-order valence-corrected chi connectivity index (χ2v) is 2.96. The molecule has 0 aliphatic carbocycles. The van der Waals surface area contributed by atoms with Gasteiger partial charge >= 0.3 is 0 Å². The molecule has 0 aromatic heterocycles. The van der Waals surface area contributed by atoms with Gasteiger partial charge in [-0.3, -0.25) is 4.79 Å². The molecular weight excluding hydrogens is 335 g/mol. The van der Waals surface area contributed by atoms with Gasteiger partial charge in [0.25, 0.3) is 5.97 Å². The minimum absolute atomic E-state index is 0. The van der Waals surface area contributed by atoms with Crippen LogP contribution in [0, 0.1) is 0 Å². The van der Waals surface area contributed by atoms with Gasteiger partial charge in [0, 0.05) is 17.1 Å². The van der Waals surface area contributed by atoms with E-state index in [0.717, 1.165) is 0 Å². The van der Waals surface area contributed by atoms with Crippen LogP contribution < -0.4 is 0 Å². The van der Waals surface area contributed by atoms with Crippen molar-refractivity contribution >= 4 is 36.8 Å². The Bertz CT molecular complexity index is 408. The normalized spacial score (nSPS) is 7.58. The van der Waals surface area contributed by atoms with Gasteiger partial charge in [-0.05, 0) is 0 Å². The summed E-state index contributed by atoms with van der Waals surface area (Å²) in [5.74, 6) is -1.73. The molecule has 0 saturated carbocycles. The molecule has 0 bridgehead atoms. The predicted molar refractivity (Wildman–Crippen MR) is 72.5 cm³/mol. The molecule has 19 heavy (non-hydrogen) atoms. The van der Waals surface area contributed by atoms with Gasteiger partial charge in [-0.25, -0.2) is 12.1 Å². The molecule has 112 valence electrons. The van der Waals surface area contributed by atoms with Crippen LogP contribution in [0.1, 0.15) is 20.7 Å². The van der Waals surface area contributed by atoms with Crippen LogP contribution in [-0.4, -0.2) is 22.2 Å². The zero-order chi connectivity index (χ0) is 12.0. The van der Waals surface area contributed by atoms with Gasteiger partial charge < -0.3 is 44.8 Å². The van der Waals surface area contributed by atoms with Crippen molar-refractivity contribution in [1.82, 2.24) is 0 Å². The fourth-order valence-corrected chi connectivity index (χ4v) is 1.03. The average Bonchev–Trinajstić information content (AvgIpc) is 2.93. The largest absolute Gasteiger partial charge is 0.681 e. The summed E-state index contributed by atoms with van der Waals surface area (Å²) in [4.78, 5) is 20.1. The Morgan fingerprint density at radius 2 is 1.32 bits per heavy atom. The van der Waals surface area contributed by atoms with Crippen LogP contribution in [0.15, 0.2) is 48.5 Å². The molecule has 2 rings (SSSR count). The average molecular weight is 347 g/mol. The van der Waals surface area contributed by atoms with Crippen molar-refractivity contribution in [1.29, 1.82) is 0 Å². The van der Waals surface area contributed by atoms with E-state index in [1.165, 1.54) is 0 Å². The van der Waals surface area contributed by atoms with Crippen LogP contribution in [0.2, 0.25) is 0 Å². The third-order valence-corrected chi connectivity index (χ3v) is 1.82. The number of carboxylic acid groups (broad SMARTS) is 2. The van der Waals surface area contributed by atoms with Crippen molar-refractivity contribution < 1.29 is 36.9 Å². The summed E-state index contributed by atoms with van der Waals surface area (Å²) >= 11 is 0. The maximum Gasteiger partial charge on any atom is 0.278 e. The van der Waals surface area contributed by atoms with Gasteiger partial charge in [-0.2, -0.15) is 12.1 Å². The Labute approximate surface area is 133 Å². The molecule has 0 amide bonds. The molecule has 0 aliphatic rings. The molecule has 0 saturated heterocycles. The van der Waals surface area contributed by atoms with Crippen LogP contribution in [0.4, 0.5) is 0 Å². The van der Waals surface area contributed by atoms with Gasteiger partial charge in [-0.15, -0.1) is 30.8 Å². The van der Waals surface area contributed by atoms with E-state index >= 15 is 0 Å². The molecule has 4 nitrogen and oxygen atoms in total. The third-order valence-electron chi connectivity index (χ3n) is 1.82. The minimum atomic E-state index is -0.866. The van der Waals surface area contributed by atoms with E-state index in [0.29, 0.717) is 11.1 Å². The standard InChI is InChI=1S/2C6H5O2.2ClH.Fe/c2*7-6(8)5-3-1-2-4-5;;;/h2*1-4H,(H,7,8);2*1H;/q-5;-1;;;. The zero-order valence-corrected chi connectivity index (χ0v) is 12.2. The minimum Gasteiger partial charge on any atom is -0.681 e. The predicted octanol–water partition coefficient (Wildman–Crippen LogP) is 3.05. The molecule has 0 atom stereocenters. The van der Waals surface area contributed by atoms with Crippen LogP contribution >= 0.6 is 24.8 Å². The second kappa shape index (κ2) is 11.8. The van der Waals surface area contributed by atoms with E-state index in [1.807, 2.05) is 0 Å². The van der Waals surface area contributed by atoms with E-state index in [9.17, 15) is 9.59 Å². The summed E-state index contributed by atoms with van der Waals surface area (Å²) in [7, 11) is 0. The molecule has 0 fully saturated rings. The maximum atomic E-state index is 10.1. The van der Waals surface area contributed by atoms with Gasteiger partial charge in [0.15, 0.2) is 0 Å². The first-order valence-electron chi connectivity index (χ1n) is 4.51. The third kappa shape index (κ3) is 8.45. The van der Waals surface area contributed by atoms with Crippen molar-refractivity contribution in [3.8, 4) is 0 Å². The molecule has 0 radical (unpaired) electrons. The SMILES string of the molecule is Cl.Cl.O=C(O)[c-]1[cH-][cH-][cH-][cH-]1.O=C(O)[c-]1cccc1.[Fe]. The summed E-state index contributed by atoms with van der Waals surface area (Å²) in [6.45, 7) is 0. The molecule has 2 N–H and O–H groups in total. The van der Waals surface area contributed by atoms with Crippen molar-refractivity contribution in [2.45, 2.75) is 0 Å². The van der Waals surface area contributed by atoms with Crippen molar-refractivity contribution in [2.75, 3.05) is 0 Å². The smallest absolute Gasteiger partial charge is 0.278 e. The van der Waals surface area contributed by atoms with E-state index in [2.05, 4.69) is 0 Å². The van der Waals surface area contributed by atoms with Gasteiger partial charge in [0.2, 0.25) is 0 Å². The van der Waals surface area contributed by atoms with Crippen LogP contribution in [0.25, 0.3) is 0 Å². The topological polar surface area (TPSA) is 74.6 Å². The Kier molecular flexibility index (Phi) is 14.2. The Balaban J connectivity index is -0.000000233. The molecular formula is C12H12Cl2FeO4-6. The quantitative estimate of drug-likeness (QED) is 0.647. The Hall–Kier alpha value is -1.26. The van der Waals surface area contributed by atoms with E-state index in [4.69, 9.17) is 10.2 Å². The van der Waals surface area contributed by atoms with Gasteiger partial charge in [-0.1, -0.05) is 5.56 Å². The van der Waals surface area contributed by atoms with Crippen LogP contribution in [-0.2, 0) is 17.1 Å². The number of hydrogen-bond acceptors (Lipinski definition) is 2. The molecule has 2 aromatic rings. The Morgan fingerprint density at radius 1 is 0.895 bits per heavy atom. The molecule has 0 unspecified atom stereocenters. The molecule has 2 aromatic carbocycles. The molecule has 0 aliphatic heterocycles. The summed E-state index contributed by atoms with van der Waals surface area (Å²) in [5.41, 5.74) is 0.704. The number of aromatic carboxylic acids is 2. The first-order valence-corrected chi connectivity index (χ1v) is 4.51. The maximum absolute atomic E-state index is 10.1. The number of hydrogen-bond donors (Lipinski definition) is 2. The van der Waals surface area contributed by atoms with Crippen molar-refractivity contribution in [2.24, 2.45) is 0 Å². The number of rotatable bonds is 2. The fourth-order valence-electron chi connectivity index (χ4n) is 1.03. The summed E-state index contributed by atoms with van der Waals surface area (Å²) < 4.78 is 0. The summed E-state index contributed by atoms with van der Waals surface area (Å²) in [5, 5.41) is 16.5. The monoisotopic (exact) mass is 346 g/mol. The van der Waals surface area contributed by atoms with Gasteiger partial charge in [0.1, 0.15) is 0 Å². The second-order valence-electron chi connectivity index (χ2n) is 2.96. The first-order chi connectivity index (χ1) is 7.61. The number of carboxylic acids is 2. The summed E-state index contributed by atoms with van der Waals surface area (Å²) in [6.07, 6.45) is 0. The molecule has 0 spiro atoms. The number of carbonyl (C=O) groups is 2. The van der Waals surface area contributed by atoms with Crippen molar-refractivity contribution in [3.05, 3.63) is 59.7 Å². The first kappa shape index (κ1) is 22.9. The van der Waals surface area contributed by atoms with Crippen LogP contribution in [0.3, 0.4) is 0 Å². The molecule has 7 heteroatoms. The van der Waals surface area contributed by atoms with E-state index < -0.39 is 11.9 Å².